The van der Waals surface area contributed by atoms with Crippen LogP contribution in [0.25, 0.3) is 0 Å². The lowest BCUT2D eigenvalue weighted by molar-refractivity contribution is -0.697. The van der Waals surface area contributed by atoms with E-state index in [1.165, 1.54) is 0 Å². The molecule has 10 nitrogen and oxygen atoms in total. The van der Waals surface area contributed by atoms with E-state index in [0.29, 0.717) is 23.6 Å². The Balaban J connectivity index is 0.000000187. The molecule has 0 bridgehead atoms. The molecule has 2 unspecified atom stereocenters. The largest absolute Gasteiger partial charge is 0.550 e. The fraction of sp³-hybridized carbons (Fsp3) is 0.333. The van der Waals surface area contributed by atoms with Gasteiger partial charge in [-0.25, -0.2) is 19.8 Å². The minimum atomic E-state index is -1.37. The summed E-state index contributed by atoms with van der Waals surface area (Å²) in [5.41, 5.74) is 2.16. The fourth-order valence-electron chi connectivity index (χ4n) is 3.51. The lowest BCUT2D eigenvalue weighted by Gasteiger charge is -2.16. The maximum atomic E-state index is 9.58. The minimum Gasteiger partial charge on any atom is -0.550 e. The van der Waals surface area contributed by atoms with Gasteiger partial charge in [0.25, 0.3) is 0 Å². The van der Waals surface area contributed by atoms with Crippen molar-refractivity contribution in [2.75, 3.05) is 10.6 Å². The van der Waals surface area contributed by atoms with Gasteiger partial charge in [-0.1, -0.05) is 0 Å². The second kappa shape index (κ2) is 11.7. The molecule has 2 aromatic heterocycles. The predicted molar refractivity (Wildman–Crippen MR) is 120 cm³/mol. The topological polar surface area (TPSA) is 153 Å². The van der Waals surface area contributed by atoms with Gasteiger partial charge in [-0.3, -0.25) is 0 Å². The number of carbonyl (C=O) groups excluding carboxylic acids is 2. The number of pyridine rings is 2. The highest BCUT2D eigenvalue weighted by atomic mass is 16.4. The molecule has 10 heteroatoms. The molecule has 2 atom stereocenters. The summed E-state index contributed by atoms with van der Waals surface area (Å²) in [6, 6.07) is 7.64. The zero-order chi connectivity index (χ0) is 25.4. The Bertz CT molecular complexity index is 1030. The number of nitrogens with one attached hydrogen (secondary N) is 2. The Morgan fingerprint density at radius 2 is 1.18 bits per heavy atom. The number of carbonyl (C=O) groups is 2. The van der Waals surface area contributed by atoms with Crippen LogP contribution < -0.4 is 30.0 Å². The summed E-state index contributed by atoms with van der Waals surface area (Å²) in [5.74, 6) is -0.600. The summed E-state index contributed by atoms with van der Waals surface area (Å²) < 4.78 is 4.00. The molecule has 34 heavy (non-hydrogen) atoms. The van der Waals surface area contributed by atoms with Crippen LogP contribution in [0.1, 0.15) is 52.6 Å². The summed E-state index contributed by atoms with van der Waals surface area (Å²) in [4.78, 5) is 19.0. The molecule has 0 amide bonds. The van der Waals surface area contributed by atoms with E-state index in [1.807, 2.05) is 47.5 Å². The number of fused-ring (bicyclic) bond motifs is 2. The van der Waals surface area contributed by atoms with E-state index in [4.69, 9.17) is 0 Å². The van der Waals surface area contributed by atoms with Crippen LogP contribution in [0.3, 0.4) is 0 Å². The van der Waals surface area contributed by atoms with E-state index >= 15 is 0 Å². The molecule has 0 fully saturated rings. The van der Waals surface area contributed by atoms with Crippen molar-refractivity contribution in [2.45, 2.75) is 52.6 Å². The van der Waals surface area contributed by atoms with E-state index in [-0.39, 0.29) is 0 Å². The summed E-state index contributed by atoms with van der Waals surface area (Å²) in [6.45, 7) is 8.17. The van der Waals surface area contributed by atoms with Crippen molar-refractivity contribution < 1.29 is 39.1 Å². The Labute approximate surface area is 198 Å². The molecule has 0 aromatic carbocycles. The van der Waals surface area contributed by atoms with Crippen molar-refractivity contribution in [2.24, 2.45) is 0 Å². The highest BCUT2D eigenvalue weighted by Gasteiger charge is 2.24. The van der Waals surface area contributed by atoms with Gasteiger partial charge in [0.15, 0.2) is 0 Å². The van der Waals surface area contributed by atoms with Crippen molar-refractivity contribution in [1.29, 1.82) is 0 Å². The van der Waals surface area contributed by atoms with Crippen molar-refractivity contribution >= 4 is 23.6 Å². The second-order valence-electron chi connectivity index (χ2n) is 7.97. The normalized spacial score (nSPS) is 17.4. The summed E-state index contributed by atoms with van der Waals surface area (Å²) in [5, 5.41) is 44.4. The Kier molecular flexibility index (Phi) is 9.00. The van der Waals surface area contributed by atoms with Gasteiger partial charge >= 0.3 is 11.6 Å². The smallest absolute Gasteiger partial charge is 0.322 e. The van der Waals surface area contributed by atoms with Gasteiger partial charge in [0.2, 0.25) is 11.5 Å². The molecule has 2 aliphatic rings. The number of aromatic hydroxyl groups is 2. The molecule has 4 heterocycles. The number of hydrogen-bond donors (Lipinski definition) is 4. The number of hydrogen-bond acceptors (Lipinski definition) is 8. The van der Waals surface area contributed by atoms with Crippen LogP contribution in [0, 0.1) is 0 Å². The predicted octanol–water partition coefficient (Wildman–Crippen LogP) is 0.406. The van der Waals surface area contributed by atoms with Crippen LogP contribution in [0.4, 0.5) is 11.6 Å². The molecule has 0 saturated heterocycles. The quantitative estimate of drug-likeness (QED) is 0.471. The number of aliphatic carboxylic acids is 2. The van der Waals surface area contributed by atoms with Crippen molar-refractivity contribution in [3.8, 4) is 11.5 Å². The zero-order valence-corrected chi connectivity index (χ0v) is 19.6. The van der Waals surface area contributed by atoms with Crippen LogP contribution in [0.15, 0.2) is 60.2 Å². The van der Waals surface area contributed by atoms with Gasteiger partial charge in [0, 0.05) is 24.1 Å². The van der Waals surface area contributed by atoms with Gasteiger partial charge in [-0.15, -0.1) is 0 Å². The first-order valence-electron chi connectivity index (χ1n) is 10.8. The summed E-state index contributed by atoms with van der Waals surface area (Å²) in [6.07, 6.45) is 7.20. The number of aromatic nitrogens is 2. The third-order valence-corrected chi connectivity index (χ3v) is 5.03. The molecule has 182 valence electrons. The molecule has 4 N–H and O–H groups in total. The third kappa shape index (κ3) is 7.22. The van der Waals surface area contributed by atoms with Crippen molar-refractivity contribution in [3.63, 3.8) is 0 Å². The molecule has 4 rings (SSSR count). The standard InChI is InChI=1S/2C10H12N2O.C4H6O4/c2*1-7-6-8(2)12-5-3-4-9(13)10(12)11-7;5-3(6)1-2-4(7)8/h2*3-6,8,13H,1-2H3;1-2H2,(H,5,6)(H,7,8). The van der Waals surface area contributed by atoms with Gasteiger partial charge in [-0.2, -0.15) is 0 Å². The molecule has 0 aliphatic carbocycles. The number of anilines is 2. The van der Waals surface area contributed by atoms with E-state index in [0.717, 1.165) is 23.0 Å². The zero-order valence-electron chi connectivity index (χ0n) is 19.6. The van der Waals surface area contributed by atoms with Crippen LogP contribution >= 0.6 is 0 Å². The van der Waals surface area contributed by atoms with Gasteiger partial charge in [-0.05, 0) is 64.8 Å². The lowest BCUT2D eigenvalue weighted by Crippen LogP contribution is -2.42. The van der Waals surface area contributed by atoms with Crippen LogP contribution in [-0.4, -0.2) is 22.2 Å². The Morgan fingerprint density at radius 1 is 0.824 bits per heavy atom. The maximum absolute atomic E-state index is 9.58. The van der Waals surface area contributed by atoms with E-state index in [9.17, 15) is 30.0 Å². The highest BCUT2D eigenvalue weighted by Crippen LogP contribution is 2.25. The lowest BCUT2D eigenvalue weighted by atomic mass is 10.2. The Hall–Kier alpha value is -4.08. The van der Waals surface area contributed by atoms with Crippen LogP contribution in [0.2, 0.25) is 0 Å². The van der Waals surface area contributed by atoms with E-state index in [2.05, 4.69) is 36.6 Å². The van der Waals surface area contributed by atoms with Crippen LogP contribution in [0.5, 0.6) is 11.5 Å². The van der Waals surface area contributed by atoms with E-state index < -0.39 is 24.8 Å². The highest BCUT2D eigenvalue weighted by molar-refractivity contribution is 5.72. The SMILES string of the molecule is CC1=CC(C)[n+]2cccc(O)c2N1.CC1=CC(C)[n+]2cccc(O)c2N1.O=C([O-])CCC(=O)[O-]. The Morgan fingerprint density at radius 3 is 1.50 bits per heavy atom. The van der Waals surface area contributed by atoms with Gasteiger partial charge in [0.1, 0.15) is 12.1 Å². The first kappa shape index (κ1) is 26.2. The number of rotatable bonds is 3. The second-order valence-corrected chi connectivity index (χ2v) is 7.97. The molecule has 2 aliphatic heterocycles. The minimum absolute atomic E-state index is 0.293. The maximum Gasteiger partial charge on any atom is 0.322 e. The monoisotopic (exact) mass is 470 g/mol. The van der Waals surface area contributed by atoms with E-state index in [1.54, 1.807) is 12.1 Å². The van der Waals surface area contributed by atoms with Crippen LogP contribution in [-0.2, 0) is 9.59 Å². The first-order valence-corrected chi connectivity index (χ1v) is 10.8. The number of nitrogens with zero attached hydrogens (tertiary/aromatic N) is 2. The number of carboxylic acid groups (broad SMARTS) is 2. The summed E-state index contributed by atoms with van der Waals surface area (Å²) in [7, 11) is 0. The molecule has 0 saturated carbocycles. The first-order chi connectivity index (χ1) is 16.0. The molecular formula is C24H30N4O6. The average Bonchev–Trinajstić information content (AvgIpc) is 2.75. The summed E-state index contributed by atoms with van der Waals surface area (Å²) >= 11 is 0. The van der Waals surface area contributed by atoms with Gasteiger partial charge in [0.05, 0.1) is 23.8 Å². The number of allylic oxidation sites excluding steroid dienone is 4. The van der Waals surface area contributed by atoms with Gasteiger partial charge < -0.3 is 30.0 Å². The average molecular weight is 471 g/mol. The van der Waals surface area contributed by atoms with Crippen molar-refractivity contribution in [1.82, 2.24) is 0 Å². The number of carboxylic acids is 2. The molecular weight excluding hydrogens is 440 g/mol. The molecule has 0 spiro atoms. The molecule has 2 aromatic rings. The third-order valence-electron chi connectivity index (χ3n) is 5.03. The fourth-order valence-corrected chi connectivity index (χ4v) is 3.51. The van der Waals surface area contributed by atoms with Crippen molar-refractivity contribution in [3.05, 3.63) is 60.2 Å². The molecule has 0 radical (unpaired) electrons.